The standard InChI is InChI=1S/C20H23N3O3/c1-2-26-18-7-5-6-16(19(18)24)14-21-22-20(25)15-8-10-17(11-9-15)23-12-3-4-13-23/h5-11,14,24H,2-4,12-13H2,1H3,(H,22,25)/b21-14-. The van der Waals surface area contributed by atoms with Crippen LogP contribution in [0, 0.1) is 0 Å². The van der Waals surface area contributed by atoms with Crippen molar-refractivity contribution in [1.29, 1.82) is 0 Å². The number of nitrogens with one attached hydrogen (secondary N) is 1. The monoisotopic (exact) mass is 353 g/mol. The number of aromatic hydroxyl groups is 1. The highest BCUT2D eigenvalue weighted by Gasteiger charge is 2.13. The van der Waals surface area contributed by atoms with Gasteiger partial charge in [-0.15, -0.1) is 0 Å². The third-order valence-corrected chi connectivity index (χ3v) is 4.30. The summed E-state index contributed by atoms with van der Waals surface area (Å²) in [5, 5.41) is 14.0. The van der Waals surface area contributed by atoms with Gasteiger partial charge in [0.25, 0.3) is 5.91 Å². The number of phenolic OH excluding ortho intramolecular Hbond substituents is 1. The third kappa shape index (κ3) is 4.14. The van der Waals surface area contributed by atoms with Crippen molar-refractivity contribution in [1.82, 2.24) is 5.43 Å². The minimum absolute atomic E-state index is 0.00214. The lowest BCUT2D eigenvalue weighted by atomic mass is 10.2. The largest absolute Gasteiger partial charge is 0.504 e. The van der Waals surface area contributed by atoms with E-state index in [0.717, 1.165) is 18.8 Å². The van der Waals surface area contributed by atoms with Crippen LogP contribution in [0.5, 0.6) is 11.5 Å². The van der Waals surface area contributed by atoms with Gasteiger partial charge < -0.3 is 14.7 Å². The molecular formula is C20H23N3O3. The molecule has 0 saturated carbocycles. The lowest BCUT2D eigenvalue weighted by Crippen LogP contribution is -2.19. The fraction of sp³-hybridized carbons (Fsp3) is 0.300. The number of ether oxygens (including phenoxy) is 1. The quantitative estimate of drug-likeness (QED) is 0.618. The number of para-hydroxylation sites is 1. The molecular weight excluding hydrogens is 330 g/mol. The van der Waals surface area contributed by atoms with Gasteiger partial charge in [0.05, 0.1) is 12.8 Å². The lowest BCUT2D eigenvalue weighted by Gasteiger charge is -2.17. The Morgan fingerprint density at radius 1 is 1.23 bits per heavy atom. The average Bonchev–Trinajstić information content (AvgIpc) is 3.20. The van der Waals surface area contributed by atoms with Gasteiger partial charge in [0.2, 0.25) is 0 Å². The van der Waals surface area contributed by atoms with Crippen LogP contribution in [0.3, 0.4) is 0 Å². The molecule has 1 aliphatic rings. The molecule has 0 radical (unpaired) electrons. The molecule has 136 valence electrons. The molecule has 3 rings (SSSR count). The van der Waals surface area contributed by atoms with E-state index in [1.165, 1.54) is 19.1 Å². The first kappa shape index (κ1) is 17.8. The van der Waals surface area contributed by atoms with Crippen molar-refractivity contribution < 1.29 is 14.6 Å². The summed E-state index contributed by atoms with van der Waals surface area (Å²) in [6.45, 7) is 4.44. The Kier molecular flexibility index (Phi) is 5.73. The van der Waals surface area contributed by atoms with Gasteiger partial charge in [-0.05, 0) is 56.2 Å². The molecule has 0 spiro atoms. The third-order valence-electron chi connectivity index (χ3n) is 4.30. The normalized spacial score (nSPS) is 14.0. The van der Waals surface area contributed by atoms with E-state index in [2.05, 4.69) is 15.4 Å². The minimum Gasteiger partial charge on any atom is -0.504 e. The smallest absolute Gasteiger partial charge is 0.271 e. The molecule has 6 nitrogen and oxygen atoms in total. The molecule has 0 aromatic heterocycles. The topological polar surface area (TPSA) is 74.2 Å². The summed E-state index contributed by atoms with van der Waals surface area (Å²) in [5.74, 6) is 0.0947. The fourth-order valence-electron chi connectivity index (χ4n) is 2.94. The number of benzene rings is 2. The molecule has 1 saturated heterocycles. The maximum absolute atomic E-state index is 12.2. The summed E-state index contributed by atoms with van der Waals surface area (Å²) < 4.78 is 5.32. The van der Waals surface area contributed by atoms with E-state index in [1.54, 1.807) is 30.3 Å². The molecule has 1 fully saturated rings. The Hall–Kier alpha value is -3.02. The number of nitrogens with zero attached hydrogens (tertiary/aromatic N) is 2. The summed E-state index contributed by atoms with van der Waals surface area (Å²) in [7, 11) is 0. The van der Waals surface area contributed by atoms with Crippen LogP contribution < -0.4 is 15.1 Å². The van der Waals surface area contributed by atoms with E-state index in [1.807, 2.05) is 19.1 Å². The number of hydrazone groups is 1. The molecule has 0 unspecified atom stereocenters. The Balaban J connectivity index is 1.61. The maximum Gasteiger partial charge on any atom is 0.271 e. The van der Waals surface area contributed by atoms with Crippen molar-refractivity contribution in [3.8, 4) is 11.5 Å². The number of hydrogen-bond donors (Lipinski definition) is 2. The number of phenols is 1. The van der Waals surface area contributed by atoms with Crippen molar-refractivity contribution >= 4 is 17.8 Å². The van der Waals surface area contributed by atoms with E-state index in [9.17, 15) is 9.90 Å². The first-order valence-corrected chi connectivity index (χ1v) is 8.82. The first-order valence-electron chi connectivity index (χ1n) is 8.82. The summed E-state index contributed by atoms with van der Waals surface area (Å²) in [6, 6.07) is 12.6. The number of rotatable bonds is 6. The van der Waals surface area contributed by atoms with Gasteiger partial charge in [-0.2, -0.15) is 5.10 Å². The molecule has 2 aromatic rings. The SMILES string of the molecule is CCOc1cccc(/C=N\NC(=O)c2ccc(N3CCCC3)cc2)c1O. The van der Waals surface area contributed by atoms with Gasteiger partial charge in [-0.25, -0.2) is 5.43 Å². The lowest BCUT2D eigenvalue weighted by molar-refractivity contribution is 0.0955. The summed E-state index contributed by atoms with van der Waals surface area (Å²) >= 11 is 0. The van der Waals surface area contributed by atoms with E-state index < -0.39 is 0 Å². The Labute approximate surface area is 153 Å². The molecule has 26 heavy (non-hydrogen) atoms. The van der Waals surface area contributed by atoms with Gasteiger partial charge in [0.1, 0.15) is 0 Å². The van der Waals surface area contributed by atoms with E-state index >= 15 is 0 Å². The molecule has 1 aliphatic heterocycles. The molecule has 2 aromatic carbocycles. The highest BCUT2D eigenvalue weighted by molar-refractivity contribution is 5.95. The van der Waals surface area contributed by atoms with Gasteiger partial charge in [0.15, 0.2) is 11.5 Å². The molecule has 1 heterocycles. The van der Waals surface area contributed by atoms with Crippen molar-refractivity contribution in [3.05, 3.63) is 53.6 Å². The second kappa shape index (κ2) is 8.38. The van der Waals surface area contributed by atoms with E-state index in [-0.39, 0.29) is 11.7 Å². The number of amides is 1. The van der Waals surface area contributed by atoms with Crippen molar-refractivity contribution in [3.63, 3.8) is 0 Å². The molecule has 1 amide bonds. The van der Waals surface area contributed by atoms with Gasteiger partial charge in [0, 0.05) is 29.9 Å². The van der Waals surface area contributed by atoms with Gasteiger partial charge in [-0.1, -0.05) is 6.07 Å². The highest BCUT2D eigenvalue weighted by atomic mass is 16.5. The number of hydrogen-bond acceptors (Lipinski definition) is 5. The van der Waals surface area contributed by atoms with Crippen molar-refractivity contribution in [2.45, 2.75) is 19.8 Å². The molecule has 0 bridgehead atoms. The van der Waals surface area contributed by atoms with Gasteiger partial charge in [-0.3, -0.25) is 4.79 Å². The minimum atomic E-state index is -0.297. The Morgan fingerprint density at radius 3 is 2.65 bits per heavy atom. The van der Waals surface area contributed by atoms with E-state index in [4.69, 9.17) is 4.74 Å². The van der Waals surface area contributed by atoms with Crippen LogP contribution in [0.15, 0.2) is 47.6 Å². The van der Waals surface area contributed by atoms with Crippen LogP contribution in [0.25, 0.3) is 0 Å². The second-order valence-electron chi connectivity index (χ2n) is 6.07. The summed E-state index contributed by atoms with van der Waals surface area (Å²) in [4.78, 5) is 14.5. The zero-order valence-electron chi connectivity index (χ0n) is 14.8. The van der Waals surface area contributed by atoms with Crippen LogP contribution >= 0.6 is 0 Å². The zero-order chi connectivity index (χ0) is 18.4. The van der Waals surface area contributed by atoms with Crippen LogP contribution in [-0.2, 0) is 0 Å². The Bertz CT molecular complexity index is 781. The predicted octanol–water partition coefficient (Wildman–Crippen LogP) is 3.16. The predicted molar refractivity (Wildman–Crippen MR) is 102 cm³/mol. The molecule has 6 heteroatoms. The van der Waals surface area contributed by atoms with E-state index in [0.29, 0.717) is 23.5 Å². The number of carbonyl (C=O) groups excluding carboxylic acids is 1. The van der Waals surface area contributed by atoms with Crippen LogP contribution in [0.1, 0.15) is 35.7 Å². The number of anilines is 1. The number of carbonyl (C=O) groups is 1. The average molecular weight is 353 g/mol. The van der Waals surface area contributed by atoms with Crippen molar-refractivity contribution in [2.24, 2.45) is 5.10 Å². The van der Waals surface area contributed by atoms with Crippen LogP contribution in [-0.4, -0.2) is 36.9 Å². The Morgan fingerprint density at radius 2 is 1.96 bits per heavy atom. The summed E-state index contributed by atoms with van der Waals surface area (Å²) in [6.07, 6.45) is 3.83. The highest BCUT2D eigenvalue weighted by Crippen LogP contribution is 2.28. The van der Waals surface area contributed by atoms with Gasteiger partial charge >= 0.3 is 0 Å². The molecule has 0 atom stereocenters. The fourth-order valence-corrected chi connectivity index (χ4v) is 2.94. The molecule has 0 aliphatic carbocycles. The van der Waals surface area contributed by atoms with Crippen molar-refractivity contribution in [2.75, 3.05) is 24.6 Å². The first-order chi connectivity index (χ1) is 12.7. The summed E-state index contributed by atoms with van der Waals surface area (Å²) in [5.41, 5.74) is 4.63. The maximum atomic E-state index is 12.2. The van der Waals surface area contributed by atoms with Crippen LogP contribution in [0.2, 0.25) is 0 Å². The van der Waals surface area contributed by atoms with Crippen LogP contribution in [0.4, 0.5) is 5.69 Å². The second-order valence-corrected chi connectivity index (χ2v) is 6.07. The zero-order valence-corrected chi connectivity index (χ0v) is 14.8. The molecule has 2 N–H and O–H groups in total.